The van der Waals surface area contributed by atoms with Gasteiger partial charge < -0.3 is 10.0 Å². The van der Waals surface area contributed by atoms with Crippen molar-refractivity contribution in [2.75, 3.05) is 13.1 Å². The summed E-state index contributed by atoms with van der Waals surface area (Å²) in [5, 5.41) is 9.38. The molecule has 0 aliphatic carbocycles. The Labute approximate surface area is 109 Å². The highest BCUT2D eigenvalue weighted by Gasteiger charge is 2.42. The van der Waals surface area contributed by atoms with Gasteiger partial charge >= 0.3 is 5.97 Å². The monoisotopic (exact) mass is 255 g/mol. The minimum absolute atomic E-state index is 0.0490. The number of hydrogen-bond donors (Lipinski definition) is 1. The first kappa shape index (κ1) is 15.0. The van der Waals surface area contributed by atoms with Crippen LogP contribution in [0.15, 0.2) is 0 Å². The van der Waals surface area contributed by atoms with E-state index in [-0.39, 0.29) is 11.3 Å². The van der Waals surface area contributed by atoms with Gasteiger partial charge in [-0.15, -0.1) is 0 Å². The average Bonchev–Trinajstić information content (AvgIpc) is 2.26. The molecule has 1 aliphatic heterocycles. The molecule has 0 radical (unpaired) electrons. The lowest BCUT2D eigenvalue weighted by Gasteiger charge is -2.40. The first-order chi connectivity index (χ1) is 8.20. The molecular weight excluding hydrogens is 230 g/mol. The van der Waals surface area contributed by atoms with E-state index in [1.807, 2.05) is 27.7 Å². The zero-order valence-electron chi connectivity index (χ0n) is 12.0. The molecule has 0 bridgehead atoms. The van der Waals surface area contributed by atoms with Crippen LogP contribution in [-0.2, 0) is 9.59 Å². The first-order valence-corrected chi connectivity index (χ1v) is 6.71. The van der Waals surface area contributed by atoms with Gasteiger partial charge in [0.15, 0.2) is 0 Å². The zero-order valence-corrected chi connectivity index (χ0v) is 12.0. The topological polar surface area (TPSA) is 57.6 Å². The fraction of sp³-hybridized carbons (Fsp3) is 0.857. The Balaban J connectivity index is 2.75. The minimum atomic E-state index is -0.766. The van der Waals surface area contributed by atoms with Gasteiger partial charge in [-0.05, 0) is 24.7 Å². The maximum atomic E-state index is 12.2. The molecule has 1 rings (SSSR count). The highest BCUT2D eigenvalue weighted by atomic mass is 16.4. The second-order valence-corrected chi connectivity index (χ2v) is 6.60. The van der Waals surface area contributed by atoms with Gasteiger partial charge in [-0.2, -0.15) is 0 Å². The number of aliphatic carboxylic acids is 1. The van der Waals surface area contributed by atoms with Gasteiger partial charge in [0.25, 0.3) is 0 Å². The first-order valence-electron chi connectivity index (χ1n) is 6.71. The van der Waals surface area contributed by atoms with Crippen molar-refractivity contribution in [2.24, 2.45) is 10.8 Å². The molecule has 1 fully saturated rings. The van der Waals surface area contributed by atoms with E-state index >= 15 is 0 Å². The number of rotatable bonds is 3. The molecule has 4 heteroatoms. The van der Waals surface area contributed by atoms with Crippen LogP contribution in [0.5, 0.6) is 0 Å². The molecule has 1 N–H and O–H groups in total. The third kappa shape index (κ3) is 3.47. The molecule has 0 aromatic rings. The Kier molecular flexibility index (Phi) is 4.41. The quantitative estimate of drug-likeness (QED) is 0.843. The highest BCUT2D eigenvalue weighted by Crippen LogP contribution is 2.34. The number of likely N-dealkylation sites (tertiary alicyclic amines) is 1. The summed E-state index contributed by atoms with van der Waals surface area (Å²) in [6.07, 6.45) is 2.53. The molecule has 0 saturated carbocycles. The van der Waals surface area contributed by atoms with Crippen molar-refractivity contribution in [3.05, 3.63) is 0 Å². The van der Waals surface area contributed by atoms with E-state index in [1.165, 1.54) is 0 Å². The van der Waals surface area contributed by atoms with E-state index in [2.05, 4.69) is 0 Å². The van der Waals surface area contributed by atoms with Crippen molar-refractivity contribution < 1.29 is 14.7 Å². The highest BCUT2D eigenvalue weighted by molar-refractivity contribution is 5.80. The fourth-order valence-corrected chi connectivity index (χ4v) is 2.52. The number of carboxylic acid groups (broad SMARTS) is 1. The van der Waals surface area contributed by atoms with Gasteiger partial charge in [0, 0.05) is 19.5 Å². The standard InChI is InChI=1S/C14H25NO3/c1-5-14(12(17)18)7-6-8-15(10-14)11(16)9-13(2,3)4/h5-10H2,1-4H3,(H,17,18). The van der Waals surface area contributed by atoms with Crippen LogP contribution in [-0.4, -0.2) is 35.0 Å². The number of carboxylic acids is 1. The van der Waals surface area contributed by atoms with Gasteiger partial charge in [-0.1, -0.05) is 27.7 Å². The summed E-state index contributed by atoms with van der Waals surface area (Å²) in [7, 11) is 0. The third-order valence-electron chi connectivity index (χ3n) is 3.74. The molecule has 1 heterocycles. The van der Waals surface area contributed by atoms with Gasteiger partial charge in [0.1, 0.15) is 0 Å². The smallest absolute Gasteiger partial charge is 0.311 e. The fourth-order valence-electron chi connectivity index (χ4n) is 2.52. The maximum Gasteiger partial charge on any atom is 0.311 e. The van der Waals surface area contributed by atoms with Crippen molar-refractivity contribution in [2.45, 2.75) is 53.4 Å². The largest absolute Gasteiger partial charge is 0.481 e. The normalized spacial score (nSPS) is 25.0. The van der Waals surface area contributed by atoms with E-state index in [0.29, 0.717) is 32.4 Å². The van der Waals surface area contributed by atoms with E-state index in [0.717, 1.165) is 6.42 Å². The number of hydrogen-bond acceptors (Lipinski definition) is 2. The van der Waals surface area contributed by atoms with Crippen LogP contribution in [0.1, 0.15) is 53.4 Å². The average molecular weight is 255 g/mol. The summed E-state index contributed by atoms with van der Waals surface area (Å²) >= 11 is 0. The van der Waals surface area contributed by atoms with Crippen LogP contribution in [0.2, 0.25) is 0 Å². The van der Waals surface area contributed by atoms with Crippen molar-refractivity contribution in [3.63, 3.8) is 0 Å². The number of carbonyl (C=O) groups excluding carboxylic acids is 1. The molecule has 0 aromatic carbocycles. The molecule has 1 aliphatic rings. The minimum Gasteiger partial charge on any atom is -0.481 e. The van der Waals surface area contributed by atoms with Gasteiger partial charge in [-0.25, -0.2) is 0 Å². The van der Waals surface area contributed by atoms with Gasteiger partial charge in [-0.3, -0.25) is 9.59 Å². The number of carbonyl (C=O) groups is 2. The SMILES string of the molecule is CCC1(C(=O)O)CCCN(C(=O)CC(C)(C)C)C1. The number of nitrogens with zero attached hydrogens (tertiary/aromatic N) is 1. The van der Waals surface area contributed by atoms with Crippen molar-refractivity contribution >= 4 is 11.9 Å². The van der Waals surface area contributed by atoms with Gasteiger partial charge in [0.2, 0.25) is 5.91 Å². The lowest BCUT2D eigenvalue weighted by molar-refractivity contribution is -0.155. The molecular formula is C14H25NO3. The van der Waals surface area contributed by atoms with Crippen molar-refractivity contribution in [1.29, 1.82) is 0 Å². The summed E-state index contributed by atoms with van der Waals surface area (Å²) in [5.41, 5.74) is -0.779. The van der Waals surface area contributed by atoms with Crippen molar-refractivity contribution in [3.8, 4) is 0 Å². The second kappa shape index (κ2) is 5.29. The molecule has 0 spiro atoms. The molecule has 1 unspecified atom stereocenters. The van der Waals surface area contributed by atoms with E-state index in [9.17, 15) is 14.7 Å². The third-order valence-corrected chi connectivity index (χ3v) is 3.74. The summed E-state index contributed by atoms with van der Waals surface area (Å²) < 4.78 is 0. The molecule has 4 nitrogen and oxygen atoms in total. The predicted octanol–water partition coefficient (Wildman–Crippen LogP) is 2.53. The Bertz CT molecular complexity index is 332. The molecule has 104 valence electrons. The maximum absolute atomic E-state index is 12.2. The second-order valence-electron chi connectivity index (χ2n) is 6.60. The van der Waals surface area contributed by atoms with Crippen LogP contribution in [0, 0.1) is 10.8 Å². The van der Waals surface area contributed by atoms with Crippen LogP contribution < -0.4 is 0 Å². The van der Waals surface area contributed by atoms with Crippen LogP contribution in [0.4, 0.5) is 0 Å². The molecule has 1 amide bonds. The predicted molar refractivity (Wildman–Crippen MR) is 70.2 cm³/mol. The molecule has 1 saturated heterocycles. The summed E-state index contributed by atoms with van der Waals surface area (Å²) in [6.45, 7) is 9.04. The zero-order chi connectivity index (χ0) is 14.0. The Morgan fingerprint density at radius 1 is 1.33 bits per heavy atom. The van der Waals surface area contributed by atoms with Crippen LogP contribution >= 0.6 is 0 Å². The lowest BCUT2D eigenvalue weighted by atomic mass is 9.77. The Morgan fingerprint density at radius 2 is 1.94 bits per heavy atom. The molecule has 1 atom stereocenters. The van der Waals surface area contributed by atoms with Gasteiger partial charge in [0.05, 0.1) is 5.41 Å². The molecule has 18 heavy (non-hydrogen) atoms. The number of piperidine rings is 1. The Hall–Kier alpha value is -1.06. The van der Waals surface area contributed by atoms with E-state index in [1.54, 1.807) is 4.90 Å². The number of amides is 1. The summed E-state index contributed by atoms with van der Waals surface area (Å²) in [4.78, 5) is 25.3. The van der Waals surface area contributed by atoms with Crippen LogP contribution in [0.3, 0.4) is 0 Å². The van der Waals surface area contributed by atoms with Crippen LogP contribution in [0.25, 0.3) is 0 Å². The van der Waals surface area contributed by atoms with E-state index < -0.39 is 11.4 Å². The van der Waals surface area contributed by atoms with E-state index in [4.69, 9.17) is 0 Å². The van der Waals surface area contributed by atoms with Crippen molar-refractivity contribution in [1.82, 2.24) is 4.90 Å². The summed E-state index contributed by atoms with van der Waals surface area (Å²) in [5.74, 6) is -0.681. The Morgan fingerprint density at radius 3 is 2.39 bits per heavy atom. The lowest BCUT2D eigenvalue weighted by Crippen LogP contribution is -2.50. The summed E-state index contributed by atoms with van der Waals surface area (Å²) in [6, 6.07) is 0. The molecule has 0 aromatic heterocycles.